The molecule has 0 saturated heterocycles. The van der Waals surface area contributed by atoms with Crippen LogP contribution < -0.4 is 11.1 Å². The van der Waals surface area contributed by atoms with Crippen LogP contribution in [0.3, 0.4) is 0 Å². The number of thiazole rings is 1. The van der Waals surface area contributed by atoms with E-state index in [2.05, 4.69) is 15.3 Å². The maximum atomic E-state index is 5.96. The van der Waals surface area contributed by atoms with Crippen LogP contribution in [0.15, 0.2) is 36.1 Å². The first kappa shape index (κ1) is 11.9. The van der Waals surface area contributed by atoms with Crippen molar-refractivity contribution in [2.45, 2.75) is 13.5 Å². The molecule has 0 spiro atoms. The number of pyridine rings is 1. The molecule has 0 aliphatic rings. The number of benzene rings is 1. The molecule has 0 amide bonds. The molecular weight excluding hydrogens is 256 g/mol. The van der Waals surface area contributed by atoms with E-state index < -0.39 is 0 Å². The van der Waals surface area contributed by atoms with Crippen molar-refractivity contribution in [1.29, 1.82) is 0 Å². The van der Waals surface area contributed by atoms with E-state index in [1.807, 2.05) is 30.6 Å². The summed E-state index contributed by atoms with van der Waals surface area (Å²) >= 11 is 1.67. The maximum absolute atomic E-state index is 5.96. The van der Waals surface area contributed by atoms with Crippen LogP contribution in [-0.4, -0.2) is 9.97 Å². The molecule has 3 rings (SSSR count). The van der Waals surface area contributed by atoms with Gasteiger partial charge in [0, 0.05) is 39.4 Å². The Bertz CT molecular complexity index is 720. The van der Waals surface area contributed by atoms with Crippen molar-refractivity contribution in [3.63, 3.8) is 0 Å². The fourth-order valence-electron chi connectivity index (χ4n) is 2.04. The van der Waals surface area contributed by atoms with Gasteiger partial charge in [0.15, 0.2) is 0 Å². The molecule has 3 aromatic rings. The Kier molecular flexibility index (Phi) is 3.05. The Labute approximate surface area is 115 Å². The molecule has 5 heteroatoms. The predicted octanol–water partition coefficient (Wildman–Crippen LogP) is 3.19. The lowest BCUT2D eigenvalue weighted by Crippen LogP contribution is -2.00. The van der Waals surface area contributed by atoms with Crippen molar-refractivity contribution in [1.82, 2.24) is 9.97 Å². The molecule has 0 aliphatic heterocycles. The lowest BCUT2D eigenvalue weighted by molar-refractivity contribution is 1.12. The van der Waals surface area contributed by atoms with Crippen molar-refractivity contribution in [3.05, 3.63) is 46.7 Å². The summed E-state index contributed by atoms with van der Waals surface area (Å²) in [4.78, 5) is 9.63. The van der Waals surface area contributed by atoms with Crippen LogP contribution in [0.4, 0.5) is 11.4 Å². The summed E-state index contributed by atoms with van der Waals surface area (Å²) in [6.07, 6.45) is 3.58. The second-order valence-corrected chi connectivity index (χ2v) is 5.28. The van der Waals surface area contributed by atoms with Crippen LogP contribution in [-0.2, 0) is 6.54 Å². The van der Waals surface area contributed by atoms with Gasteiger partial charge in [-0.15, -0.1) is 11.3 Å². The number of hydrogen-bond donors (Lipinski definition) is 2. The molecule has 4 nitrogen and oxygen atoms in total. The molecule has 0 aliphatic carbocycles. The van der Waals surface area contributed by atoms with Gasteiger partial charge in [-0.25, -0.2) is 4.98 Å². The van der Waals surface area contributed by atoms with Crippen molar-refractivity contribution in [2.24, 2.45) is 0 Å². The van der Waals surface area contributed by atoms with E-state index in [9.17, 15) is 0 Å². The Balaban J connectivity index is 1.93. The highest BCUT2D eigenvalue weighted by Gasteiger charge is 2.05. The highest BCUT2D eigenvalue weighted by Crippen LogP contribution is 2.28. The minimum Gasteiger partial charge on any atom is -0.398 e. The summed E-state index contributed by atoms with van der Waals surface area (Å²) < 4.78 is 0. The van der Waals surface area contributed by atoms with E-state index in [1.165, 1.54) is 4.88 Å². The summed E-state index contributed by atoms with van der Waals surface area (Å²) in [5.74, 6) is 0. The Hall–Kier alpha value is -2.14. The maximum Gasteiger partial charge on any atom is 0.0798 e. The topological polar surface area (TPSA) is 63.8 Å². The van der Waals surface area contributed by atoms with Crippen LogP contribution in [0.2, 0.25) is 0 Å². The predicted molar refractivity (Wildman–Crippen MR) is 80.3 cm³/mol. The van der Waals surface area contributed by atoms with Crippen molar-refractivity contribution >= 4 is 33.5 Å². The van der Waals surface area contributed by atoms with E-state index in [-0.39, 0.29) is 0 Å². The third-order valence-corrected chi connectivity index (χ3v) is 4.07. The zero-order chi connectivity index (χ0) is 13.2. The van der Waals surface area contributed by atoms with Gasteiger partial charge in [-0.1, -0.05) is 0 Å². The number of nitrogens with one attached hydrogen (secondary N) is 1. The molecule has 96 valence electrons. The number of aryl methyl sites for hydroxylation is 1. The number of rotatable bonds is 3. The SMILES string of the molecule is Cc1ncsc1CNc1ccc(N)c2cnccc12. The first-order chi connectivity index (χ1) is 9.25. The average molecular weight is 270 g/mol. The molecule has 19 heavy (non-hydrogen) atoms. The van der Waals surface area contributed by atoms with E-state index >= 15 is 0 Å². The summed E-state index contributed by atoms with van der Waals surface area (Å²) in [5, 5.41) is 5.52. The van der Waals surface area contributed by atoms with E-state index in [4.69, 9.17) is 5.73 Å². The lowest BCUT2D eigenvalue weighted by Gasteiger charge is -2.10. The third-order valence-electron chi connectivity index (χ3n) is 3.14. The number of aromatic nitrogens is 2. The number of anilines is 2. The quantitative estimate of drug-likeness (QED) is 0.717. The normalized spacial score (nSPS) is 10.8. The Morgan fingerprint density at radius 3 is 2.95 bits per heavy atom. The number of nitrogens with two attached hydrogens (primary N) is 1. The summed E-state index contributed by atoms with van der Waals surface area (Å²) in [7, 11) is 0. The third kappa shape index (κ3) is 2.24. The number of nitrogen functional groups attached to an aromatic ring is 1. The van der Waals surface area contributed by atoms with Gasteiger partial charge in [-0.3, -0.25) is 4.98 Å². The highest BCUT2D eigenvalue weighted by molar-refractivity contribution is 7.09. The van der Waals surface area contributed by atoms with Crippen molar-refractivity contribution < 1.29 is 0 Å². The fraction of sp³-hybridized carbons (Fsp3) is 0.143. The first-order valence-corrected chi connectivity index (χ1v) is 6.88. The Morgan fingerprint density at radius 1 is 1.26 bits per heavy atom. The van der Waals surface area contributed by atoms with Gasteiger partial charge < -0.3 is 11.1 Å². The molecule has 2 aromatic heterocycles. The molecule has 0 unspecified atom stereocenters. The van der Waals surface area contributed by atoms with Crippen molar-refractivity contribution in [3.8, 4) is 0 Å². The van der Waals surface area contributed by atoms with E-state index in [1.54, 1.807) is 23.7 Å². The zero-order valence-corrected chi connectivity index (χ0v) is 11.4. The van der Waals surface area contributed by atoms with Gasteiger partial charge in [0.05, 0.1) is 17.7 Å². The average Bonchev–Trinajstić information content (AvgIpc) is 2.84. The lowest BCUT2D eigenvalue weighted by atomic mass is 10.1. The molecule has 0 saturated carbocycles. The minimum atomic E-state index is 0.752. The van der Waals surface area contributed by atoms with Crippen LogP contribution in [0, 0.1) is 6.92 Å². The molecule has 3 N–H and O–H groups in total. The molecular formula is C14H14N4S. The monoisotopic (exact) mass is 270 g/mol. The van der Waals surface area contributed by atoms with Crippen LogP contribution in [0.1, 0.15) is 10.6 Å². The Morgan fingerprint density at radius 2 is 2.16 bits per heavy atom. The second kappa shape index (κ2) is 4.85. The molecule has 0 radical (unpaired) electrons. The number of hydrogen-bond acceptors (Lipinski definition) is 5. The van der Waals surface area contributed by atoms with Crippen LogP contribution in [0.25, 0.3) is 10.8 Å². The van der Waals surface area contributed by atoms with E-state index in [0.717, 1.165) is 34.4 Å². The summed E-state index contributed by atoms with van der Waals surface area (Å²) in [6, 6.07) is 5.90. The smallest absolute Gasteiger partial charge is 0.0798 e. The van der Waals surface area contributed by atoms with Crippen LogP contribution >= 0.6 is 11.3 Å². The fourth-order valence-corrected chi connectivity index (χ4v) is 2.75. The number of nitrogens with zero attached hydrogens (tertiary/aromatic N) is 2. The summed E-state index contributed by atoms with van der Waals surface area (Å²) in [5.41, 5.74) is 10.7. The van der Waals surface area contributed by atoms with E-state index in [0.29, 0.717) is 0 Å². The van der Waals surface area contributed by atoms with Gasteiger partial charge in [0.2, 0.25) is 0 Å². The highest BCUT2D eigenvalue weighted by atomic mass is 32.1. The van der Waals surface area contributed by atoms with Gasteiger partial charge in [0.1, 0.15) is 0 Å². The van der Waals surface area contributed by atoms with Crippen LogP contribution in [0.5, 0.6) is 0 Å². The largest absolute Gasteiger partial charge is 0.398 e. The molecule has 0 bridgehead atoms. The minimum absolute atomic E-state index is 0.752. The first-order valence-electron chi connectivity index (χ1n) is 6.01. The molecule has 0 atom stereocenters. The van der Waals surface area contributed by atoms with Gasteiger partial charge in [-0.2, -0.15) is 0 Å². The standard InChI is InChI=1S/C14H14N4S/c1-9-14(19-8-18-9)7-17-13-3-2-12(15)11-6-16-5-4-10(11)13/h2-6,8,17H,7,15H2,1H3. The molecule has 1 aromatic carbocycles. The molecule has 2 heterocycles. The molecule has 0 fully saturated rings. The van der Waals surface area contributed by atoms with Gasteiger partial charge in [-0.05, 0) is 25.1 Å². The second-order valence-electron chi connectivity index (χ2n) is 4.34. The summed E-state index contributed by atoms with van der Waals surface area (Å²) in [6.45, 7) is 2.80. The number of fused-ring (bicyclic) bond motifs is 1. The zero-order valence-electron chi connectivity index (χ0n) is 10.6. The van der Waals surface area contributed by atoms with Gasteiger partial charge >= 0.3 is 0 Å². The van der Waals surface area contributed by atoms with Gasteiger partial charge in [0.25, 0.3) is 0 Å². The van der Waals surface area contributed by atoms with Crippen molar-refractivity contribution in [2.75, 3.05) is 11.1 Å².